The molecule has 0 amide bonds. The van der Waals surface area contributed by atoms with Gasteiger partial charge >= 0.3 is 15.6 Å². The number of rotatable bonds is 3. The predicted octanol–water partition coefficient (Wildman–Crippen LogP) is 8.93. The molecule has 0 atom stereocenters. The van der Waals surface area contributed by atoms with Crippen molar-refractivity contribution in [2.24, 2.45) is 0 Å². The summed E-state index contributed by atoms with van der Waals surface area (Å²) < 4.78 is 65.2. The molecule has 3 nitrogen and oxygen atoms in total. The SMILES string of the molecule is CC(C)(C)c1cc2ccc3ccc(-c4ccc5cc(OS(=O)(=O)C(F)(F)F)ccc5c4)c4ccc(c1)c2c34. The van der Waals surface area contributed by atoms with E-state index in [1.54, 1.807) is 12.1 Å². The Morgan fingerprint density at radius 2 is 1.21 bits per heavy atom. The molecule has 0 bridgehead atoms. The smallest absolute Gasteiger partial charge is 0.376 e. The maximum absolute atomic E-state index is 12.7. The van der Waals surface area contributed by atoms with E-state index in [1.807, 2.05) is 12.1 Å². The van der Waals surface area contributed by atoms with Crippen LogP contribution in [0, 0.1) is 0 Å². The van der Waals surface area contributed by atoms with E-state index in [9.17, 15) is 21.6 Å². The summed E-state index contributed by atoms with van der Waals surface area (Å²) in [5.74, 6) is -0.389. The second-order valence-electron chi connectivity index (χ2n) is 10.6. The lowest BCUT2D eigenvalue weighted by atomic mass is 9.82. The van der Waals surface area contributed by atoms with Gasteiger partial charge in [-0.3, -0.25) is 0 Å². The topological polar surface area (TPSA) is 43.4 Å². The van der Waals surface area contributed by atoms with Crippen LogP contribution in [0.15, 0.2) is 84.9 Å². The van der Waals surface area contributed by atoms with E-state index in [-0.39, 0.29) is 11.2 Å². The van der Waals surface area contributed by atoms with E-state index in [0.717, 1.165) is 27.3 Å². The lowest BCUT2D eigenvalue weighted by Gasteiger charge is -2.22. The third-order valence-electron chi connectivity index (χ3n) is 7.08. The third kappa shape index (κ3) is 3.93. The van der Waals surface area contributed by atoms with Crippen molar-refractivity contribution >= 4 is 53.2 Å². The van der Waals surface area contributed by atoms with Gasteiger partial charge in [-0.1, -0.05) is 87.5 Å². The van der Waals surface area contributed by atoms with E-state index in [0.29, 0.717) is 5.39 Å². The first-order valence-electron chi connectivity index (χ1n) is 12.1. The van der Waals surface area contributed by atoms with Crippen molar-refractivity contribution in [2.45, 2.75) is 31.7 Å². The van der Waals surface area contributed by atoms with Gasteiger partial charge in [0.05, 0.1) is 0 Å². The molecule has 6 aromatic rings. The Balaban J connectivity index is 1.48. The van der Waals surface area contributed by atoms with Crippen molar-refractivity contribution in [2.75, 3.05) is 0 Å². The summed E-state index contributed by atoms with van der Waals surface area (Å²) >= 11 is 0. The molecule has 0 N–H and O–H groups in total. The minimum Gasteiger partial charge on any atom is -0.376 e. The monoisotopic (exact) mass is 532 g/mol. The standard InChI is InChI=1S/C31H23F3O3S/c1-30(2,3)24-15-22-7-4-18-9-12-26(27-13-10-23(16-24)28(22)29(18)27)21-6-5-20-17-25(11-8-19(20)14-21)37-38(35,36)31(32,33)34/h4-17H,1-3H3. The lowest BCUT2D eigenvalue weighted by Crippen LogP contribution is -2.28. The van der Waals surface area contributed by atoms with E-state index >= 15 is 0 Å². The van der Waals surface area contributed by atoms with Gasteiger partial charge in [-0.25, -0.2) is 0 Å². The van der Waals surface area contributed by atoms with Crippen LogP contribution in [0.4, 0.5) is 13.2 Å². The first-order chi connectivity index (χ1) is 17.8. The van der Waals surface area contributed by atoms with E-state index in [1.165, 1.54) is 39.2 Å². The summed E-state index contributed by atoms with van der Waals surface area (Å²) in [5, 5.41) is 8.39. The fourth-order valence-electron chi connectivity index (χ4n) is 5.12. The molecule has 0 aromatic heterocycles. The number of hydrogen-bond acceptors (Lipinski definition) is 3. The molecular formula is C31H23F3O3S. The molecule has 0 saturated carbocycles. The first kappa shape index (κ1) is 24.5. The van der Waals surface area contributed by atoms with Crippen LogP contribution >= 0.6 is 0 Å². The lowest BCUT2D eigenvalue weighted by molar-refractivity contribution is -0.0500. The molecule has 192 valence electrons. The van der Waals surface area contributed by atoms with E-state index < -0.39 is 15.6 Å². The number of alkyl halides is 3. The zero-order valence-corrected chi connectivity index (χ0v) is 21.7. The quantitative estimate of drug-likeness (QED) is 0.130. The molecule has 0 heterocycles. The Labute approximate surface area is 217 Å². The second-order valence-corrected chi connectivity index (χ2v) is 12.2. The average molecular weight is 533 g/mol. The van der Waals surface area contributed by atoms with Gasteiger partial charge in [0.1, 0.15) is 5.75 Å². The molecule has 6 rings (SSSR count). The summed E-state index contributed by atoms with van der Waals surface area (Å²) in [5.41, 5.74) is -2.20. The molecule has 0 fully saturated rings. The minimum atomic E-state index is -5.73. The molecule has 0 aliphatic heterocycles. The Hall–Kier alpha value is -3.84. The highest BCUT2D eigenvalue weighted by Gasteiger charge is 2.48. The normalized spacial score (nSPS) is 13.2. The van der Waals surface area contributed by atoms with Crippen molar-refractivity contribution in [1.29, 1.82) is 0 Å². The van der Waals surface area contributed by atoms with Crippen LogP contribution in [0.3, 0.4) is 0 Å². The van der Waals surface area contributed by atoms with E-state index in [4.69, 9.17) is 0 Å². The molecule has 0 aliphatic carbocycles. The van der Waals surface area contributed by atoms with Crippen molar-refractivity contribution in [1.82, 2.24) is 0 Å². The average Bonchev–Trinajstić information content (AvgIpc) is 2.85. The highest BCUT2D eigenvalue weighted by Crippen LogP contribution is 2.41. The summed E-state index contributed by atoms with van der Waals surface area (Å²) in [4.78, 5) is 0. The fraction of sp³-hybridized carbons (Fsp3) is 0.161. The number of fused-ring (bicyclic) bond motifs is 1. The van der Waals surface area contributed by atoms with Gasteiger partial charge in [0.15, 0.2) is 0 Å². The molecule has 6 aromatic carbocycles. The van der Waals surface area contributed by atoms with Crippen LogP contribution in [0.25, 0.3) is 54.2 Å². The van der Waals surface area contributed by atoms with Gasteiger partial charge in [0, 0.05) is 0 Å². The van der Waals surface area contributed by atoms with E-state index in [2.05, 4.69) is 73.5 Å². The Kier molecular flexibility index (Phi) is 5.21. The summed E-state index contributed by atoms with van der Waals surface area (Å²) in [6.45, 7) is 6.63. The van der Waals surface area contributed by atoms with Crippen molar-refractivity contribution in [3.8, 4) is 16.9 Å². The van der Waals surface area contributed by atoms with Gasteiger partial charge in [0.25, 0.3) is 0 Å². The zero-order chi connectivity index (χ0) is 27.0. The molecule has 0 aliphatic rings. The molecule has 0 radical (unpaired) electrons. The maximum atomic E-state index is 12.7. The second kappa shape index (κ2) is 8.08. The van der Waals surface area contributed by atoms with Crippen molar-refractivity contribution in [3.63, 3.8) is 0 Å². The largest absolute Gasteiger partial charge is 0.534 e. The van der Waals surface area contributed by atoms with Gasteiger partial charge in [-0.05, 0) is 83.4 Å². The minimum absolute atomic E-state index is 0.0303. The molecular weight excluding hydrogens is 509 g/mol. The summed E-state index contributed by atoms with van der Waals surface area (Å²) in [6.07, 6.45) is 0. The summed E-state index contributed by atoms with van der Waals surface area (Å²) in [7, 11) is -5.73. The first-order valence-corrected chi connectivity index (χ1v) is 13.5. The Morgan fingerprint density at radius 1 is 0.632 bits per heavy atom. The Bertz CT molecular complexity index is 1970. The molecule has 0 unspecified atom stereocenters. The van der Waals surface area contributed by atoms with Gasteiger partial charge in [0.2, 0.25) is 0 Å². The molecule has 38 heavy (non-hydrogen) atoms. The Morgan fingerprint density at radius 3 is 1.89 bits per heavy atom. The molecule has 7 heteroatoms. The summed E-state index contributed by atoms with van der Waals surface area (Å²) in [6, 6.07) is 27.0. The molecule has 0 saturated heterocycles. The predicted molar refractivity (Wildman–Crippen MR) is 147 cm³/mol. The molecule has 0 spiro atoms. The highest BCUT2D eigenvalue weighted by molar-refractivity contribution is 7.88. The van der Waals surface area contributed by atoms with Gasteiger partial charge in [-0.15, -0.1) is 0 Å². The van der Waals surface area contributed by atoms with Crippen LogP contribution in [-0.2, 0) is 15.5 Å². The number of benzene rings is 6. The van der Waals surface area contributed by atoms with Crippen molar-refractivity contribution in [3.05, 3.63) is 90.5 Å². The number of halogens is 3. The van der Waals surface area contributed by atoms with Gasteiger partial charge < -0.3 is 4.18 Å². The van der Waals surface area contributed by atoms with Crippen LogP contribution in [0.5, 0.6) is 5.75 Å². The van der Waals surface area contributed by atoms with Crippen LogP contribution in [-0.4, -0.2) is 13.9 Å². The number of hydrogen-bond donors (Lipinski definition) is 0. The van der Waals surface area contributed by atoms with Crippen LogP contribution in [0.2, 0.25) is 0 Å². The van der Waals surface area contributed by atoms with Crippen molar-refractivity contribution < 1.29 is 25.8 Å². The maximum Gasteiger partial charge on any atom is 0.534 e. The van der Waals surface area contributed by atoms with Crippen LogP contribution < -0.4 is 4.18 Å². The van der Waals surface area contributed by atoms with Gasteiger partial charge in [-0.2, -0.15) is 21.6 Å². The fourth-order valence-corrected chi connectivity index (χ4v) is 5.57. The third-order valence-corrected chi connectivity index (χ3v) is 8.06. The van der Waals surface area contributed by atoms with Crippen LogP contribution in [0.1, 0.15) is 26.3 Å². The zero-order valence-electron chi connectivity index (χ0n) is 20.8. The highest BCUT2D eigenvalue weighted by atomic mass is 32.2.